The number of rotatable bonds is 6. The summed E-state index contributed by atoms with van der Waals surface area (Å²) in [6.07, 6.45) is 8.88. The summed E-state index contributed by atoms with van der Waals surface area (Å²) >= 11 is 0. The highest BCUT2D eigenvalue weighted by Crippen LogP contribution is 2.34. The van der Waals surface area contributed by atoms with Crippen molar-refractivity contribution in [2.24, 2.45) is 0 Å². The molecule has 6 heteroatoms. The van der Waals surface area contributed by atoms with E-state index >= 15 is 0 Å². The Labute approximate surface area is 211 Å². The van der Waals surface area contributed by atoms with Crippen LogP contribution in [0.25, 0.3) is 0 Å². The third-order valence-corrected chi connectivity index (χ3v) is 6.29. The topological polar surface area (TPSA) is 111 Å². The van der Waals surface area contributed by atoms with Gasteiger partial charge >= 0.3 is 0 Å². The van der Waals surface area contributed by atoms with Crippen LogP contribution in [-0.2, 0) is 0 Å². The molecule has 6 nitrogen and oxygen atoms in total. The van der Waals surface area contributed by atoms with Gasteiger partial charge in [0.1, 0.15) is 0 Å². The first kappa shape index (κ1) is 22.9. The van der Waals surface area contributed by atoms with E-state index in [0.29, 0.717) is 0 Å². The Balaban J connectivity index is 1.49. The molecule has 0 spiro atoms. The Morgan fingerprint density at radius 1 is 0.333 bits per heavy atom. The summed E-state index contributed by atoms with van der Waals surface area (Å²) in [6, 6.07) is 31.7. The van der Waals surface area contributed by atoms with E-state index in [9.17, 15) is 0 Å². The number of anilines is 8. The lowest BCUT2D eigenvalue weighted by atomic mass is 10.0. The molecule has 0 saturated carbocycles. The van der Waals surface area contributed by atoms with E-state index < -0.39 is 0 Å². The van der Waals surface area contributed by atoms with Crippen LogP contribution in [0.5, 0.6) is 0 Å². The zero-order valence-corrected chi connectivity index (χ0v) is 19.9. The van der Waals surface area contributed by atoms with Crippen molar-refractivity contribution in [1.29, 1.82) is 0 Å². The lowest BCUT2D eigenvalue weighted by Gasteiger charge is -2.36. The van der Waals surface area contributed by atoms with Crippen LogP contribution in [-0.4, -0.2) is 12.1 Å². The SMILES string of the molecule is Nc1ccc(N(c2ccc(N)cc2)C2C=CC(N(c3ccc(N)cc3)c3ccc(N)cc3)C=C2)cc1. The summed E-state index contributed by atoms with van der Waals surface area (Å²) in [5.74, 6) is 0. The van der Waals surface area contributed by atoms with Gasteiger partial charge in [-0.1, -0.05) is 24.3 Å². The maximum absolute atomic E-state index is 5.96. The summed E-state index contributed by atoms with van der Waals surface area (Å²) < 4.78 is 0. The first-order valence-corrected chi connectivity index (χ1v) is 11.9. The van der Waals surface area contributed by atoms with Crippen LogP contribution in [0.2, 0.25) is 0 Å². The summed E-state index contributed by atoms with van der Waals surface area (Å²) in [5.41, 5.74) is 30.9. The third-order valence-electron chi connectivity index (χ3n) is 6.29. The summed E-state index contributed by atoms with van der Waals surface area (Å²) in [5, 5.41) is 0. The highest BCUT2D eigenvalue weighted by molar-refractivity contribution is 5.71. The van der Waals surface area contributed by atoms with Crippen molar-refractivity contribution in [1.82, 2.24) is 0 Å². The van der Waals surface area contributed by atoms with Crippen LogP contribution >= 0.6 is 0 Å². The summed E-state index contributed by atoms with van der Waals surface area (Å²) in [6.45, 7) is 0. The number of nitrogens with two attached hydrogens (primary N) is 4. The monoisotopic (exact) mass is 474 g/mol. The molecule has 4 aromatic carbocycles. The molecule has 36 heavy (non-hydrogen) atoms. The second-order valence-corrected chi connectivity index (χ2v) is 8.86. The Morgan fingerprint density at radius 2 is 0.528 bits per heavy atom. The fourth-order valence-electron chi connectivity index (χ4n) is 4.45. The number of nitrogen functional groups attached to an aromatic ring is 4. The largest absolute Gasteiger partial charge is 0.399 e. The van der Waals surface area contributed by atoms with Gasteiger partial charge in [-0.05, 0) is 97.1 Å². The Morgan fingerprint density at radius 3 is 0.722 bits per heavy atom. The second kappa shape index (κ2) is 9.80. The molecule has 0 saturated heterocycles. The van der Waals surface area contributed by atoms with E-state index in [0.717, 1.165) is 45.5 Å². The number of benzene rings is 4. The Kier molecular flexibility index (Phi) is 6.24. The average Bonchev–Trinajstić information content (AvgIpc) is 2.90. The number of hydrogen-bond donors (Lipinski definition) is 4. The highest BCUT2D eigenvalue weighted by Gasteiger charge is 2.23. The van der Waals surface area contributed by atoms with Gasteiger partial charge in [0.2, 0.25) is 0 Å². The van der Waals surface area contributed by atoms with Gasteiger partial charge < -0.3 is 32.7 Å². The van der Waals surface area contributed by atoms with Crippen molar-refractivity contribution in [3.05, 3.63) is 121 Å². The fourth-order valence-corrected chi connectivity index (χ4v) is 4.45. The van der Waals surface area contributed by atoms with E-state index in [1.807, 2.05) is 97.1 Å². The predicted molar refractivity (Wildman–Crippen MR) is 154 cm³/mol. The Hall–Kier alpha value is -4.84. The lowest BCUT2D eigenvalue weighted by Crippen LogP contribution is -2.34. The highest BCUT2D eigenvalue weighted by atomic mass is 15.2. The van der Waals surface area contributed by atoms with Gasteiger partial charge in [-0.2, -0.15) is 0 Å². The van der Waals surface area contributed by atoms with Gasteiger partial charge in [0, 0.05) is 45.5 Å². The van der Waals surface area contributed by atoms with Crippen molar-refractivity contribution in [2.75, 3.05) is 32.7 Å². The van der Waals surface area contributed by atoms with Crippen LogP contribution in [0.15, 0.2) is 121 Å². The molecule has 5 rings (SSSR count). The van der Waals surface area contributed by atoms with E-state index in [-0.39, 0.29) is 12.1 Å². The molecule has 0 aromatic heterocycles. The van der Waals surface area contributed by atoms with Crippen LogP contribution in [0, 0.1) is 0 Å². The molecule has 1 aliphatic carbocycles. The fraction of sp³-hybridized carbons (Fsp3) is 0.0667. The molecule has 0 amide bonds. The maximum Gasteiger partial charge on any atom is 0.0708 e. The molecule has 0 fully saturated rings. The number of nitrogens with zero attached hydrogens (tertiary/aromatic N) is 2. The van der Waals surface area contributed by atoms with Crippen molar-refractivity contribution >= 4 is 45.5 Å². The zero-order chi connectivity index (χ0) is 25.1. The van der Waals surface area contributed by atoms with E-state index in [1.54, 1.807) is 0 Å². The van der Waals surface area contributed by atoms with Crippen LogP contribution in [0.1, 0.15) is 0 Å². The minimum absolute atomic E-state index is 0.00758. The Bertz CT molecular complexity index is 1150. The molecular weight excluding hydrogens is 444 g/mol. The number of hydrogen-bond acceptors (Lipinski definition) is 6. The summed E-state index contributed by atoms with van der Waals surface area (Å²) in [7, 11) is 0. The van der Waals surface area contributed by atoms with E-state index in [4.69, 9.17) is 22.9 Å². The smallest absolute Gasteiger partial charge is 0.0708 e. The predicted octanol–water partition coefficient (Wildman–Crippen LogP) is 5.86. The van der Waals surface area contributed by atoms with Gasteiger partial charge in [0.15, 0.2) is 0 Å². The third kappa shape index (κ3) is 4.83. The average molecular weight is 475 g/mol. The molecule has 0 unspecified atom stereocenters. The minimum atomic E-state index is 0.00758. The quantitative estimate of drug-likeness (QED) is 0.206. The van der Waals surface area contributed by atoms with Crippen molar-refractivity contribution < 1.29 is 0 Å². The minimum Gasteiger partial charge on any atom is -0.399 e. The van der Waals surface area contributed by atoms with E-state index in [1.165, 1.54) is 0 Å². The maximum atomic E-state index is 5.96. The van der Waals surface area contributed by atoms with Crippen LogP contribution < -0.4 is 32.7 Å². The van der Waals surface area contributed by atoms with Gasteiger partial charge in [-0.25, -0.2) is 0 Å². The zero-order valence-electron chi connectivity index (χ0n) is 19.9. The molecule has 0 heterocycles. The molecule has 0 aliphatic heterocycles. The molecule has 8 N–H and O–H groups in total. The molecule has 0 radical (unpaired) electrons. The van der Waals surface area contributed by atoms with Crippen molar-refractivity contribution in [2.45, 2.75) is 12.1 Å². The van der Waals surface area contributed by atoms with Crippen LogP contribution in [0.3, 0.4) is 0 Å². The second-order valence-electron chi connectivity index (χ2n) is 8.86. The van der Waals surface area contributed by atoms with Crippen molar-refractivity contribution in [3.8, 4) is 0 Å². The molecule has 1 aliphatic rings. The van der Waals surface area contributed by atoms with Gasteiger partial charge in [-0.15, -0.1) is 0 Å². The summed E-state index contributed by atoms with van der Waals surface area (Å²) in [4.78, 5) is 4.53. The molecule has 180 valence electrons. The van der Waals surface area contributed by atoms with E-state index in [2.05, 4.69) is 34.1 Å². The van der Waals surface area contributed by atoms with Gasteiger partial charge in [-0.3, -0.25) is 0 Å². The first-order chi connectivity index (χ1) is 17.5. The normalized spacial score (nSPS) is 16.6. The molecule has 4 aromatic rings. The molecular formula is C30H30N6. The molecule has 0 atom stereocenters. The van der Waals surface area contributed by atoms with Crippen molar-refractivity contribution in [3.63, 3.8) is 0 Å². The first-order valence-electron chi connectivity index (χ1n) is 11.9. The van der Waals surface area contributed by atoms with Gasteiger partial charge in [0.25, 0.3) is 0 Å². The van der Waals surface area contributed by atoms with Gasteiger partial charge in [0.05, 0.1) is 12.1 Å². The molecule has 0 bridgehead atoms. The van der Waals surface area contributed by atoms with Crippen LogP contribution in [0.4, 0.5) is 45.5 Å². The standard InChI is InChI=1S/C30H30N6/c31-21-1-9-25(10-2-21)35(26-11-3-22(32)4-12-26)29-17-19-30(20-18-29)36(27-13-5-23(33)6-14-27)28-15-7-24(34)8-16-28/h1-20,29-30H,31-34H2. The lowest BCUT2D eigenvalue weighted by molar-refractivity contribution is 0.861.